The van der Waals surface area contributed by atoms with Gasteiger partial charge in [0.2, 0.25) is 0 Å². The molecule has 1 N–H and O–H groups in total. The van der Waals surface area contributed by atoms with Gasteiger partial charge in [0.15, 0.2) is 0 Å². The normalized spacial score (nSPS) is 11.4. The zero-order valence-electron chi connectivity index (χ0n) is 10.6. The molecule has 1 aromatic rings. The van der Waals surface area contributed by atoms with Crippen LogP contribution in [-0.2, 0) is 6.18 Å². The summed E-state index contributed by atoms with van der Waals surface area (Å²) in [6, 6.07) is 3.62. The van der Waals surface area contributed by atoms with Crippen LogP contribution in [0.1, 0.15) is 31.2 Å². The van der Waals surface area contributed by atoms with Crippen molar-refractivity contribution < 1.29 is 13.2 Å². The highest BCUT2D eigenvalue weighted by Gasteiger charge is 2.30. The number of hydrogen-bond donors (Lipinski definition) is 1. The van der Waals surface area contributed by atoms with Gasteiger partial charge in [-0.1, -0.05) is 12.5 Å². The molecule has 5 heteroatoms. The van der Waals surface area contributed by atoms with Crippen LogP contribution in [0.15, 0.2) is 35.3 Å². The molecule has 0 aliphatic heterocycles. The maximum absolute atomic E-state index is 12.6. The van der Waals surface area contributed by atoms with Crippen molar-refractivity contribution in [3.63, 3.8) is 0 Å². The summed E-state index contributed by atoms with van der Waals surface area (Å²) in [7, 11) is 0. The molecule has 0 aliphatic rings. The monoisotopic (exact) mass is 335 g/mol. The number of rotatable bonds is 7. The molecule has 1 rings (SSSR count). The van der Waals surface area contributed by atoms with E-state index in [0.717, 1.165) is 37.8 Å². The lowest BCUT2D eigenvalue weighted by molar-refractivity contribution is -0.137. The SMILES string of the molecule is C=CCCCCCNc1cc(C(F)(F)F)ccc1Br. The Balaban J connectivity index is 2.51. The summed E-state index contributed by atoms with van der Waals surface area (Å²) in [6.07, 6.45) is 1.58. The van der Waals surface area contributed by atoms with Gasteiger partial charge in [-0.3, -0.25) is 0 Å². The molecule has 1 nitrogen and oxygen atoms in total. The average Bonchev–Trinajstić information content (AvgIpc) is 2.34. The van der Waals surface area contributed by atoms with Crippen LogP contribution in [0.25, 0.3) is 0 Å². The van der Waals surface area contributed by atoms with E-state index in [4.69, 9.17) is 0 Å². The summed E-state index contributed by atoms with van der Waals surface area (Å²) in [5, 5.41) is 3.03. The predicted octanol–water partition coefficient (Wildman–Crippen LogP) is 5.63. The number of benzene rings is 1. The van der Waals surface area contributed by atoms with Gasteiger partial charge in [-0.15, -0.1) is 6.58 Å². The topological polar surface area (TPSA) is 12.0 Å². The fraction of sp³-hybridized carbons (Fsp3) is 0.429. The molecule has 0 spiro atoms. The lowest BCUT2D eigenvalue weighted by Crippen LogP contribution is -2.07. The van der Waals surface area contributed by atoms with Crippen LogP contribution in [0.2, 0.25) is 0 Å². The van der Waals surface area contributed by atoms with Crippen molar-refractivity contribution >= 4 is 21.6 Å². The Kier molecular flexibility index (Phi) is 6.42. The molecule has 0 bridgehead atoms. The molecule has 0 saturated carbocycles. The fourth-order valence-electron chi connectivity index (χ4n) is 1.65. The molecule has 0 amide bonds. The van der Waals surface area contributed by atoms with Gasteiger partial charge in [0.05, 0.1) is 5.56 Å². The summed E-state index contributed by atoms with van der Waals surface area (Å²) in [5.41, 5.74) is -0.150. The number of halogens is 4. The summed E-state index contributed by atoms with van der Waals surface area (Å²) >= 11 is 3.25. The van der Waals surface area contributed by atoms with E-state index in [0.29, 0.717) is 16.7 Å². The molecule has 106 valence electrons. The Hall–Kier alpha value is -0.970. The maximum Gasteiger partial charge on any atom is 0.416 e. The van der Waals surface area contributed by atoms with E-state index in [1.54, 1.807) is 0 Å². The second-order valence-corrected chi connectivity index (χ2v) is 5.11. The van der Waals surface area contributed by atoms with Crippen LogP contribution in [0, 0.1) is 0 Å². The molecule has 0 radical (unpaired) electrons. The third-order valence-electron chi connectivity index (χ3n) is 2.69. The largest absolute Gasteiger partial charge is 0.416 e. The third-order valence-corrected chi connectivity index (χ3v) is 3.39. The van der Waals surface area contributed by atoms with Crippen LogP contribution in [0.3, 0.4) is 0 Å². The van der Waals surface area contributed by atoms with Crippen molar-refractivity contribution in [1.82, 2.24) is 0 Å². The Morgan fingerprint density at radius 3 is 2.58 bits per heavy atom. The van der Waals surface area contributed by atoms with Gasteiger partial charge < -0.3 is 5.32 Å². The van der Waals surface area contributed by atoms with Gasteiger partial charge in [-0.2, -0.15) is 13.2 Å². The maximum atomic E-state index is 12.6. The van der Waals surface area contributed by atoms with E-state index in [1.807, 2.05) is 6.08 Å². The molecule has 0 heterocycles. The molecule has 0 fully saturated rings. The number of anilines is 1. The van der Waals surface area contributed by atoms with Crippen molar-refractivity contribution in [3.05, 3.63) is 40.9 Å². The first-order valence-corrected chi connectivity index (χ1v) is 6.96. The van der Waals surface area contributed by atoms with Crippen molar-refractivity contribution in [1.29, 1.82) is 0 Å². The van der Waals surface area contributed by atoms with Crippen LogP contribution in [-0.4, -0.2) is 6.54 Å². The fourth-order valence-corrected chi connectivity index (χ4v) is 2.04. The van der Waals surface area contributed by atoms with E-state index in [-0.39, 0.29) is 0 Å². The number of unbranched alkanes of at least 4 members (excludes halogenated alkanes) is 3. The Bertz CT molecular complexity index is 416. The Labute approximate surface area is 120 Å². The number of hydrogen-bond acceptors (Lipinski definition) is 1. The molecular weight excluding hydrogens is 319 g/mol. The van der Waals surface area contributed by atoms with Crippen LogP contribution in [0.4, 0.5) is 18.9 Å². The Morgan fingerprint density at radius 2 is 1.95 bits per heavy atom. The molecule has 0 saturated heterocycles. The second kappa shape index (κ2) is 7.58. The van der Waals surface area contributed by atoms with Gasteiger partial charge in [0.25, 0.3) is 0 Å². The first kappa shape index (κ1) is 16.1. The molecule has 0 atom stereocenters. The third kappa shape index (κ3) is 5.68. The smallest absolute Gasteiger partial charge is 0.384 e. The summed E-state index contributed by atoms with van der Waals surface area (Å²) in [6.45, 7) is 4.31. The highest BCUT2D eigenvalue weighted by Crippen LogP contribution is 2.33. The highest BCUT2D eigenvalue weighted by atomic mass is 79.9. The van der Waals surface area contributed by atoms with E-state index in [9.17, 15) is 13.2 Å². The molecule has 0 unspecified atom stereocenters. The van der Waals surface area contributed by atoms with E-state index < -0.39 is 11.7 Å². The van der Waals surface area contributed by atoms with Crippen molar-refractivity contribution in [3.8, 4) is 0 Å². The summed E-state index contributed by atoms with van der Waals surface area (Å²) in [4.78, 5) is 0. The quantitative estimate of drug-likeness (QED) is 0.503. The summed E-state index contributed by atoms with van der Waals surface area (Å²) < 4.78 is 38.4. The van der Waals surface area contributed by atoms with Gasteiger partial charge in [0, 0.05) is 16.7 Å². The minimum absolute atomic E-state index is 0.485. The minimum Gasteiger partial charge on any atom is -0.384 e. The molecule has 19 heavy (non-hydrogen) atoms. The predicted molar refractivity (Wildman–Crippen MR) is 76.3 cm³/mol. The molecule has 0 aliphatic carbocycles. The zero-order chi connectivity index (χ0) is 14.3. The molecular formula is C14H17BrF3N. The standard InChI is InChI=1S/C14H17BrF3N/c1-2-3-4-5-6-9-19-13-10-11(14(16,17)18)7-8-12(13)15/h2,7-8,10,19H,1,3-6,9H2. The first-order chi connectivity index (χ1) is 8.95. The van der Waals surface area contributed by atoms with E-state index >= 15 is 0 Å². The van der Waals surface area contributed by atoms with Crippen molar-refractivity contribution in [2.75, 3.05) is 11.9 Å². The van der Waals surface area contributed by atoms with Gasteiger partial charge in [-0.05, 0) is 53.4 Å². The van der Waals surface area contributed by atoms with Crippen molar-refractivity contribution in [2.24, 2.45) is 0 Å². The lowest BCUT2D eigenvalue weighted by atomic mass is 10.1. The average molecular weight is 336 g/mol. The molecule has 1 aromatic carbocycles. The van der Waals surface area contributed by atoms with Crippen LogP contribution in [0.5, 0.6) is 0 Å². The van der Waals surface area contributed by atoms with Crippen molar-refractivity contribution in [2.45, 2.75) is 31.9 Å². The number of alkyl halides is 3. The number of allylic oxidation sites excluding steroid dienone is 1. The van der Waals surface area contributed by atoms with Gasteiger partial charge in [0.1, 0.15) is 0 Å². The van der Waals surface area contributed by atoms with E-state index in [2.05, 4.69) is 27.8 Å². The zero-order valence-corrected chi connectivity index (χ0v) is 12.1. The highest BCUT2D eigenvalue weighted by molar-refractivity contribution is 9.10. The molecule has 0 aromatic heterocycles. The Morgan fingerprint density at radius 1 is 1.21 bits per heavy atom. The van der Waals surface area contributed by atoms with E-state index in [1.165, 1.54) is 6.07 Å². The van der Waals surface area contributed by atoms with Gasteiger partial charge in [-0.25, -0.2) is 0 Å². The minimum atomic E-state index is -4.30. The van der Waals surface area contributed by atoms with Gasteiger partial charge >= 0.3 is 6.18 Å². The first-order valence-electron chi connectivity index (χ1n) is 6.16. The second-order valence-electron chi connectivity index (χ2n) is 4.26. The summed E-state index contributed by atoms with van der Waals surface area (Å²) in [5.74, 6) is 0. The number of nitrogens with one attached hydrogen (secondary N) is 1. The lowest BCUT2D eigenvalue weighted by Gasteiger charge is -2.12. The van der Waals surface area contributed by atoms with Crippen LogP contribution < -0.4 is 5.32 Å². The van der Waals surface area contributed by atoms with Crippen LogP contribution >= 0.6 is 15.9 Å².